The van der Waals surface area contributed by atoms with E-state index in [4.69, 9.17) is 11.5 Å². The van der Waals surface area contributed by atoms with E-state index in [0.29, 0.717) is 16.8 Å². The monoisotopic (exact) mass is 232 g/mol. The molecule has 17 heavy (non-hydrogen) atoms. The van der Waals surface area contributed by atoms with Crippen LogP contribution in [-0.2, 0) is 12.8 Å². The molecule has 2 nitrogen and oxygen atoms in total. The molecule has 0 atom stereocenters. The summed E-state index contributed by atoms with van der Waals surface area (Å²) in [5.74, 6) is -0.222. The molecule has 0 radical (unpaired) electrons. The third-order valence-corrected chi connectivity index (χ3v) is 3.29. The van der Waals surface area contributed by atoms with Crippen molar-refractivity contribution in [2.75, 3.05) is 11.5 Å². The normalized spacial score (nSPS) is 11.0. The highest BCUT2D eigenvalue weighted by Gasteiger charge is 2.15. The molecule has 0 bridgehead atoms. The van der Waals surface area contributed by atoms with Gasteiger partial charge >= 0.3 is 0 Å². The first-order chi connectivity index (χ1) is 8.11. The number of nitrogen functional groups attached to an aromatic ring is 2. The summed E-state index contributed by atoms with van der Waals surface area (Å²) in [5, 5.41) is 1.34. The van der Waals surface area contributed by atoms with E-state index in [1.54, 1.807) is 6.07 Å². The molecule has 0 aromatic heterocycles. The zero-order valence-electron chi connectivity index (χ0n) is 10.2. The molecule has 0 amide bonds. The lowest BCUT2D eigenvalue weighted by Crippen LogP contribution is -2.05. The van der Waals surface area contributed by atoms with Gasteiger partial charge in [-0.05, 0) is 30.0 Å². The third kappa shape index (κ3) is 1.62. The summed E-state index contributed by atoms with van der Waals surface area (Å²) < 4.78 is 14.0. The highest BCUT2D eigenvalue weighted by atomic mass is 19.1. The Kier molecular flexibility index (Phi) is 2.92. The molecule has 0 saturated heterocycles. The zero-order chi connectivity index (χ0) is 12.6. The molecule has 2 aromatic carbocycles. The number of fused-ring (bicyclic) bond motifs is 1. The van der Waals surface area contributed by atoms with Gasteiger partial charge in [-0.2, -0.15) is 0 Å². The van der Waals surface area contributed by atoms with Gasteiger partial charge in [0.15, 0.2) is 0 Å². The number of benzene rings is 2. The minimum atomic E-state index is -0.222. The average molecular weight is 232 g/mol. The Morgan fingerprint density at radius 2 is 1.65 bits per heavy atom. The van der Waals surface area contributed by atoms with E-state index < -0.39 is 0 Å². The van der Waals surface area contributed by atoms with Gasteiger partial charge in [0.05, 0.1) is 11.4 Å². The van der Waals surface area contributed by atoms with Crippen LogP contribution in [0.4, 0.5) is 15.8 Å². The zero-order valence-corrected chi connectivity index (χ0v) is 10.2. The molecule has 2 rings (SSSR count). The number of halogens is 1. The van der Waals surface area contributed by atoms with Crippen LogP contribution < -0.4 is 11.5 Å². The second-order valence-electron chi connectivity index (χ2n) is 4.15. The maximum absolute atomic E-state index is 14.0. The molecule has 0 fully saturated rings. The highest BCUT2D eigenvalue weighted by molar-refractivity contribution is 6.02. The minimum Gasteiger partial charge on any atom is -0.397 e. The predicted octanol–water partition coefficient (Wildman–Crippen LogP) is 3.27. The maximum atomic E-state index is 14.0. The van der Waals surface area contributed by atoms with E-state index >= 15 is 0 Å². The number of anilines is 2. The second-order valence-corrected chi connectivity index (χ2v) is 4.15. The van der Waals surface area contributed by atoms with Crippen molar-refractivity contribution in [2.45, 2.75) is 26.7 Å². The van der Waals surface area contributed by atoms with Gasteiger partial charge in [-0.25, -0.2) is 4.39 Å². The minimum absolute atomic E-state index is 0.222. The van der Waals surface area contributed by atoms with Crippen LogP contribution >= 0.6 is 0 Å². The second kappa shape index (κ2) is 4.24. The van der Waals surface area contributed by atoms with E-state index in [0.717, 1.165) is 29.4 Å². The lowest BCUT2D eigenvalue weighted by atomic mass is 9.92. The van der Waals surface area contributed by atoms with Crippen LogP contribution in [0.15, 0.2) is 18.2 Å². The van der Waals surface area contributed by atoms with Crippen molar-refractivity contribution in [3.8, 4) is 0 Å². The molecule has 0 aliphatic heterocycles. The standard InChI is InChI=1S/C14H17FN2/c1-3-8-9(4-2)13(16)14(17)10-6-5-7-11(15)12(8)10/h5-7H,3-4,16-17H2,1-2H3. The van der Waals surface area contributed by atoms with Gasteiger partial charge in [0.1, 0.15) is 5.82 Å². The van der Waals surface area contributed by atoms with Crippen molar-refractivity contribution in [3.63, 3.8) is 0 Å². The molecule has 0 saturated carbocycles. The number of rotatable bonds is 2. The van der Waals surface area contributed by atoms with Gasteiger partial charge in [0.25, 0.3) is 0 Å². The van der Waals surface area contributed by atoms with Gasteiger partial charge in [-0.15, -0.1) is 0 Å². The Hall–Kier alpha value is -1.77. The van der Waals surface area contributed by atoms with Crippen LogP contribution in [0.1, 0.15) is 25.0 Å². The molecule has 0 spiro atoms. The predicted molar refractivity (Wildman–Crippen MR) is 71.5 cm³/mol. The van der Waals surface area contributed by atoms with Crippen LogP contribution in [0, 0.1) is 5.82 Å². The Labute approximate surface area is 100 Å². The molecule has 4 N–H and O–H groups in total. The van der Waals surface area contributed by atoms with E-state index in [1.807, 2.05) is 19.9 Å². The first-order valence-electron chi connectivity index (χ1n) is 5.88. The summed E-state index contributed by atoms with van der Waals surface area (Å²) in [7, 11) is 0. The van der Waals surface area contributed by atoms with Crippen molar-refractivity contribution >= 4 is 22.1 Å². The van der Waals surface area contributed by atoms with Crippen LogP contribution in [0.3, 0.4) is 0 Å². The fourth-order valence-corrected chi connectivity index (χ4v) is 2.47. The van der Waals surface area contributed by atoms with E-state index in [1.165, 1.54) is 6.07 Å². The van der Waals surface area contributed by atoms with E-state index in [-0.39, 0.29) is 5.82 Å². The highest BCUT2D eigenvalue weighted by Crippen LogP contribution is 2.36. The van der Waals surface area contributed by atoms with Crippen molar-refractivity contribution in [1.82, 2.24) is 0 Å². The Morgan fingerprint density at radius 3 is 2.24 bits per heavy atom. The Bertz CT molecular complexity index is 576. The van der Waals surface area contributed by atoms with Gasteiger partial charge < -0.3 is 11.5 Å². The van der Waals surface area contributed by atoms with Crippen LogP contribution in [-0.4, -0.2) is 0 Å². The number of nitrogens with two attached hydrogens (primary N) is 2. The van der Waals surface area contributed by atoms with E-state index in [2.05, 4.69) is 0 Å². The molecule has 0 unspecified atom stereocenters. The molecule has 2 aromatic rings. The lowest BCUT2D eigenvalue weighted by Gasteiger charge is -2.17. The number of hydrogen-bond donors (Lipinski definition) is 2. The van der Waals surface area contributed by atoms with Crippen molar-refractivity contribution in [3.05, 3.63) is 35.1 Å². The fraction of sp³-hybridized carbons (Fsp3) is 0.286. The van der Waals surface area contributed by atoms with Crippen LogP contribution in [0.25, 0.3) is 10.8 Å². The number of hydrogen-bond acceptors (Lipinski definition) is 2. The largest absolute Gasteiger partial charge is 0.397 e. The van der Waals surface area contributed by atoms with Gasteiger partial charge in [0, 0.05) is 10.8 Å². The topological polar surface area (TPSA) is 52.0 Å². The molecule has 90 valence electrons. The molecule has 0 aliphatic rings. The Balaban J connectivity index is 3.02. The van der Waals surface area contributed by atoms with Crippen molar-refractivity contribution in [1.29, 1.82) is 0 Å². The number of aryl methyl sites for hydroxylation is 1. The summed E-state index contributed by atoms with van der Waals surface area (Å²) >= 11 is 0. The van der Waals surface area contributed by atoms with E-state index in [9.17, 15) is 4.39 Å². The smallest absolute Gasteiger partial charge is 0.131 e. The van der Waals surface area contributed by atoms with Gasteiger partial charge in [-0.1, -0.05) is 26.0 Å². The molecule has 0 aliphatic carbocycles. The van der Waals surface area contributed by atoms with Crippen LogP contribution in [0.5, 0.6) is 0 Å². The van der Waals surface area contributed by atoms with Crippen LogP contribution in [0.2, 0.25) is 0 Å². The van der Waals surface area contributed by atoms with Gasteiger partial charge in [0.2, 0.25) is 0 Å². The summed E-state index contributed by atoms with van der Waals surface area (Å²) in [5.41, 5.74) is 15.1. The fourth-order valence-electron chi connectivity index (χ4n) is 2.47. The van der Waals surface area contributed by atoms with Crippen molar-refractivity contribution < 1.29 is 4.39 Å². The molecular formula is C14H17FN2. The maximum Gasteiger partial charge on any atom is 0.131 e. The first kappa shape index (κ1) is 11.7. The first-order valence-corrected chi connectivity index (χ1v) is 5.88. The average Bonchev–Trinajstić information content (AvgIpc) is 2.33. The summed E-state index contributed by atoms with van der Waals surface area (Å²) in [6.07, 6.45) is 1.52. The Morgan fingerprint density at radius 1 is 1.00 bits per heavy atom. The molecule has 0 heterocycles. The van der Waals surface area contributed by atoms with Crippen molar-refractivity contribution in [2.24, 2.45) is 0 Å². The summed E-state index contributed by atoms with van der Waals surface area (Å²) in [6.45, 7) is 4.02. The van der Waals surface area contributed by atoms with Gasteiger partial charge in [-0.3, -0.25) is 0 Å². The summed E-state index contributed by atoms with van der Waals surface area (Å²) in [4.78, 5) is 0. The molecule has 3 heteroatoms. The SMILES string of the molecule is CCc1c(N)c(N)c2cccc(F)c2c1CC. The summed E-state index contributed by atoms with van der Waals surface area (Å²) in [6, 6.07) is 4.96. The lowest BCUT2D eigenvalue weighted by molar-refractivity contribution is 0.638. The third-order valence-electron chi connectivity index (χ3n) is 3.29. The quantitative estimate of drug-likeness (QED) is 0.781. The molecular weight excluding hydrogens is 215 g/mol.